The lowest BCUT2D eigenvalue weighted by Crippen LogP contribution is -2.60. The van der Waals surface area contributed by atoms with Gasteiger partial charge in [-0.25, -0.2) is 4.79 Å². The summed E-state index contributed by atoms with van der Waals surface area (Å²) in [6, 6.07) is 8.05. The van der Waals surface area contributed by atoms with Crippen molar-refractivity contribution >= 4 is 21.9 Å². The predicted octanol–water partition coefficient (Wildman–Crippen LogP) is 2.00. The van der Waals surface area contributed by atoms with E-state index < -0.39 is 22.8 Å². The topological polar surface area (TPSA) is 63.3 Å². The smallest absolute Gasteiger partial charge is 0.331 e. The van der Waals surface area contributed by atoms with Crippen molar-refractivity contribution < 1.29 is 18.7 Å². The molecule has 0 amide bonds. The molecule has 3 N–H and O–H groups in total. The third-order valence-corrected chi connectivity index (χ3v) is 2.92. The van der Waals surface area contributed by atoms with E-state index in [2.05, 4.69) is 0 Å². The van der Waals surface area contributed by atoms with Crippen molar-refractivity contribution in [1.82, 2.24) is 0 Å². The largest absolute Gasteiger partial charge is 0.480 e. The number of alkyl halides is 3. The van der Waals surface area contributed by atoms with E-state index >= 15 is 0 Å². The van der Waals surface area contributed by atoms with E-state index in [1.165, 1.54) is 0 Å². The van der Waals surface area contributed by atoms with Crippen LogP contribution in [0.15, 0.2) is 30.3 Å². The Balaban J connectivity index is 3.03. The first-order valence-electron chi connectivity index (χ1n) is 4.40. The van der Waals surface area contributed by atoms with Gasteiger partial charge >= 0.3 is 10.8 Å². The molecular weight excluding hydrogens is 284 g/mol. The number of hydrogen-bond donors (Lipinski definition) is 2. The van der Waals surface area contributed by atoms with Gasteiger partial charge in [-0.2, -0.15) is 8.78 Å². The molecule has 3 nitrogen and oxygen atoms in total. The van der Waals surface area contributed by atoms with E-state index in [-0.39, 0.29) is 0 Å². The van der Waals surface area contributed by atoms with Crippen LogP contribution in [0.5, 0.6) is 0 Å². The van der Waals surface area contributed by atoms with Crippen LogP contribution in [0.2, 0.25) is 0 Å². The zero-order chi connectivity index (χ0) is 12.4. The molecule has 0 aliphatic heterocycles. The number of carboxylic acid groups (broad SMARTS) is 1. The Hall–Kier alpha value is -1.01. The molecule has 6 heteroatoms. The van der Waals surface area contributed by atoms with Gasteiger partial charge in [0.25, 0.3) is 0 Å². The molecular formula is C10H10BrF2NO2. The third kappa shape index (κ3) is 2.56. The van der Waals surface area contributed by atoms with Gasteiger partial charge in [0.15, 0.2) is 5.54 Å². The van der Waals surface area contributed by atoms with Crippen molar-refractivity contribution in [3.05, 3.63) is 35.9 Å². The average Bonchev–Trinajstić information content (AvgIpc) is 2.17. The Morgan fingerprint density at radius 3 is 2.25 bits per heavy atom. The Morgan fingerprint density at radius 1 is 1.38 bits per heavy atom. The van der Waals surface area contributed by atoms with Gasteiger partial charge < -0.3 is 10.8 Å². The van der Waals surface area contributed by atoms with Crippen LogP contribution >= 0.6 is 15.9 Å². The monoisotopic (exact) mass is 293 g/mol. The van der Waals surface area contributed by atoms with Crippen molar-refractivity contribution in [1.29, 1.82) is 0 Å². The van der Waals surface area contributed by atoms with Gasteiger partial charge in [-0.15, -0.1) is 0 Å². The van der Waals surface area contributed by atoms with Gasteiger partial charge in [0, 0.05) is 6.42 Å². The lowest BCUT2D eigenvalue weighted by atomic mass is 9.92. The van der Waals surface area contributed by atoms with E-state index in [4.69, 9.17) is 10.8 Å². The number of nitrogens with two attached hydrogens (primary N) is 1. The molecule has 0 aliphatic carbocycles. The zero-order valence-electron chi connectivity index (χ0n) is 8.16. The number of carbonyl (C=O) groups is 1. The number of aliphatic carboxylic acids is 1. The maximum absolute atomic E-state index is 13.1. The summed E-state index contributed by atoms with van der Waals surface area (Å²) in [6.45, 7) is 0. The number of halogens is 3. The van der Waals surface area contributed by atoms with Crippen LogP contribution in [-0.4, -0.2) is 21.4 Å². The van der Waals surface area contributed by atoms with Gasteiger partial charge in [0.1, 0.15) is 0 Å². The molecule has 1 aromatic rings. The summed E-state index contributed by atoms with van der Waals surface area (Å²) in [5.74, 6) is -1.75. The highest BCUT2D eigenvalue weighted by atomic mass is 79.9. The van der Waals surface area contributed by atoms with Crippen molar-refractivity contribution in [3.63, 3.8) is 0 Å². The first kappa shape index (κ1) is 13.1. The maximum atomic E-state index is 13.1. The summed E-state index contributed by atoms with van der Waals surface area (Å²) in [6.07, 6.45) is -0.457. The molecule has 0 heterocycles. The van der Waals surface area contributed by atoms with Crippen molar-refractivity contribution in [2.75, 3.05) is 0 Å². The molecule has 0 spiro atoms. The molecule has 0 saturated carbocycles. The number of carboxylic acids is 1. The van der Waals surface area contributed by atoms with Crippen LogP contribution in [0.25, 0.3) is 0 Å². The van der Waals surface area contributed by atoms with Gasteiger partial charge in [0.05, 0.1) is 0 Å². The van der Waals surface area contributed by atoms with Crippen LogP contribution in [0.4, 0.5) is 8.78 Å². The summed E-state index contributed by atoms with van der Waals surface area (Å²) >= 11 is 2.02. The van der Waals surface area contributed by atoms with Crippen molar-refractivity contribution in [2.45, 2.75) is 16.8 Å². The van der Waals surface area contributed by atoms with Gasteiger partial charge in [0.2, 0.25) is 0 Å². The Labute approximate surface area is 99.4 Å². The van der Waals surface area contributed by atoms with Crippen molar-refractivity contribution in [3.8, 4) is 0 Å². The quantitative estimate of drug-likeness (QED) is 0.835. The molecule has 1 aromatic carbocycles. The maximum Gasteiger partial charge on any atom is 0.331 e. The van der Waals surface area contributed by atoms with E-state index in [1.807, 2.05) is 15.9 Å². The standard InChI is InChI=1S/C10H10BrF2NO2/c11-10(12,13)9(14,8(15)16)6-7-4-2-1-3-5-7/h1-5H,6,14H2,(H,15,16). The molecule has 0 fully saturated rings. The minimum atomic E-state index is -3.68. The molecule has 1 atom stereocenters. The predicted molar refractivity (Wildman–Crippen MR) is 58.6 cm³/mol. The van der Waals surface area contributed by atoms with Crippen LogP contribution < -0.4 is 5.73 Å². The minimum Gasteiger partial charge on any atom is -0.480 e. The van der Waals surface area contributed by atoms with Crippen molar-refractivity contribution in [2.24, 2.45) is 5.73 Å². The minimum absolute atomic E-state index is 0.437. The summed E-state index contributed by atoms with van der Waals surface area (Å²) in [5, 5.41) is 8.79. The fraction of sp³-hybridized carbons (Fsp3) is 0.300. The molecule has 0 aliphatic rings. The average molecular weight is 294 g/mol. The molecule has 0 bridgehead atoms. The molecule has 0 radical (unpaired) electrons. The zero-order valence-corrected chi connectivity index (χ0v) is 9.75. The van der Waals surface area contributed by atoms with E-state index in [9.17, 15) is 13.6 Å². The summed E-state index contributed by atoms with van der Waals surface area (Å²) in [4.78, 5) is 7.16. The molecule has 88 valence electrons. The Bertz CT molecular complexity index is 380. The fourth-order valence-corrected chi connectivity index (χ4v) is 1.52. The second-order valence-corrected chi connectivity index (χ2v) is 4.43. The van der Waals surface area contributed by atoms with Gasteiger partial charge in [-0.05, 0) is 21.5 Å². The van der Waals surface area contributed by atoms with Crippen LogP contribution in [0.1, 0.15) is 5.56 Å². The number of rotatable bonds is 4. The summed E-state index contributed by atoms with van der Waals surface area (Å²) in [5.41, 5.74) is 3.03. The Morgan fingerprint density at radius 2 is 1.88 bits per heavy atom. The summed E-state index contributed by atoms with van der Waals surface area (Å²) in [7, 11) is 0. The second-order valence-electron chi connectivity index (χ2n) is 3.44. The van der Waals surface area contributed by atoms with E-state index in [0.717, 1.165) is 0 Å². The van der Waals surface area contributed by atoms with Gasteiger partial charge in [-0.3, -0.25) is 0 Å². The SMILES string of the molecule is NC(Cc1ccccc1)(C(=O)O)C(F)(F)Br. The number of benzene rings is 1. The molecule has 0 saturated heterocycles. The molecule has 16 heavy (non-hydrogen) atoms. The highest BCUT2D eigenvalue weighted by Crippen LogP contribution is 2.35. The Kier molecular flexibility index (Phi) is 3.64. The van der Waals surface area contributed by atoms with E-state index in [1.54, 1.807) is 30.3 Å². The van der Waals surface area contributed by atoms with Crippen LogP contribution in [0, 0.1) is 0 Å². The first-order valence-corrected chi connectivity index (χ1v) is 5.19. The molecule has 0 aromatic heterocycles. The summed E-state index contributed by atoms with van der Waals surface area (Å²) < 4.78 is 26.2. The molecule has 1 unspecified atom stereocenters. The molecule has 1 rings (SSSR count). The fourth-order valence-electron chi connectivity index (χ4n) is 1.21. The highest BCUT2D eigenvalue weighted by molar-refractivity contribution is 9.10. The second kappa shape index (κ2) is 4.47. The lowest BCUT2D eigenvalue weighted by molar-refractivity contribution is -0.151. The lowest BCUT2D eigenvalue weighted by Gasteiger charge is -2.29. The highest BCUT2D eigenvalue weighted by Gasteiger charge is 2.55. The van der Waals surface area contributed by atoms with Crippen LogP contribution in [0.3, 0.4) is 0 Å². The number of hydrogen-bond acceptors (Lipinski definition) is 2. The third-order valence-electron chi connectivity index (χ3n) is 2.21. The van der Waals surface area contributed by atoms with Gasteiger partial charge in [-0.1, -0.05) is 30.3 Å². The van der Waals surface area contributed by atoms with Crippen LogP contribution in [-0.2, 0) is 11.2 Å². The normalized spacial score (nSPS) is 15.5. The van der Waals surface area contributed by atoms with E-state index in [0.29, 0.717) is 5.56 Å². The first-order chi connectivity index (χ1) is 7.27.